The van der Waals surface area contributed by atoms with Gasteiger partial charge in [-0.2, -0.15) is 17.0 Å². The summed E-state index contributed by atoms with van der Waals surface area (Å²) in [6.45, 7) is 1.96. The molecule has 21 heavy (non-hydrogen) atoms. The topological polar surface area (TPSA) is 91.1 Å². The molecule has 0 aromatic carbocycles. The van der Waals surface area contributed by atoms with Crippen LogP contribution in [-0.2, 0) is 9.84 Å². The molecule has 8 heteroatoms. The van der Waals surface area contributed by atoms with Crippen LogP contribution in [-0.4, -0.2) is 53.4 Å². The lowest BCUT2D eigenvalue weighted by molar-refractivity contribution is 0.0743. The van der Waals surface area contributed by atoms with E-state index in [0.29, 0.717) is 23.6 Å². The molecule has 1 aliphatic rings. The van der Waals surface area contributed by atoms with Gasteiger partial charge in [-0.3, -0.25) is 4.79 Å². The monoisotopic (exact) mass is 325 g/mol. The highest BCUT2D eigenvalue weighted by molar-refractivity contribution is 8.01. The second-order valence-corrected chi connectivity index (χ2v) is 8.12. The largest absolute Gasteiger partial charge is 0.319 e. The van der Waals surface area contributed by atoms with E-state index in [-0.39, 0.29) is 11.4 Å². The highest BCUT2D eigenvalue weighted by Gasteiger charge is 2.36. The van der Waals surface area contributed by atoms with Gasteiger partial charge in [0, 0.05) is 30.0 Å². The fourth-order valence-corrected chi connectivity index (χ4v) is 5.00. The van der Waals surface area contributed by atoms with Crippen molar-refractivity contribution in [1.29, 1.82) is 5.26 Å². The van der Waals surface area contributed by atoms with Gasteiger partial charge in [0.15, 0.2) is 9.84 Å². The molecule has 0 spiro atoms. The first-order valence-corrected chi connectivity index (χ1v) is 9.33. The lowest BCUT2D eigenvalue weighted by Gasteiger charge is -2.34. The van der Waals surface area contributed by atoms with Gasteiger partial charge in [0.2, 0.25) is 0 Å². The molecular weight excluding hydrogens is 310 g/mol. The standard InChI is InChI=1S/C13H15N3O3S2/c1-2-21(18,19)12-9-20-6-5-16(12)13(17)11-4-3-10(7-14)8-15-11/h3-4,8,12H,2,5-6,9H2,1H3. The van der Waals surface area contributed by atoms with Crippen molar-refractivity contribution in [2.75, 3.05) is 23.8 Å². The second kappa shape index (κ2) is 6.45. The van der Waals surface area contributed by atoms with Gasteiger partial charge in [-0.05, 0) is 12.1 Å². The Morgan fingerprint density at radius 2 is 2.33 bits per heavy atom. The summed E-state index contributed by atoms with van der Waals surface area (Å²) >= 11 is 1.53. The maximum absolute atomic E-state index is 12.5. The molecular formula is C13H15N3O3S2. The van der Waals surface area contributed by atoms with Gasteiger partial charge >= 0.3 is 0 Å². The second-order valence-electron chi connectivity index (χ2n) is 4.52. The van der Waals surface area contributed by atoms with Crippen molar-refractivity contribution in [3.63, 3.8) is 0 Å². The smallest absolute Gasteiger partial charge is 0.273 e. The van der Waals surface area contributed by atoms with Crippen molar-refractivity contribution in [1.82, 2.24) is 9.88 Å². The molecule has 0 saturated carbocycles. The number of hydrogen-bond acceptors (Lipinski definition) is 6. The minimum atomic E-state index is -3.33. The molecule has 0 bridgehead atoms. The van der Waals surface area contributed by atoms with Crippen molar-refractivity contribution in [2.45, 2.75) is 12.3 Å². The van der Waals surface area contributed by atoms with Crippen molar-refractivity contribution in [3.05, 3.63) is 29.6 Å². The maximum Gasteiger partial charge on any atom is 0.273 e. The molecule has 2 rings (SSSR count). The summed E-state index contributed by atoms with van der Waals surface area (Å²) in [5.74, 6) is 0.695. The van der Waals surface area contributed by atoms with Crippen LogP contribution in [0.15, 0.2) is 18.3 Å². The molecule has 0 aliphatic carbocycles. The van der Waals surface area contributed by atoms with Crippen LogP contribution in [0.5, 0.6) is 0 Å². The number of pyridine rings is 1. The van der Waals surface area contributed by atoms with E-state index in [1.807, 2.05) is 6.07 Å². The van der Waals surface area contributed by atoms with E-state index in [2.05, 4.69) is 4.98 Å². The van der Waals surface area contributed by atoms with E-state index in [1.165, 1.54) is 35.0 Å². The number of hydrogen-bond donors (Lipinski definition) is 0. The number of sulfone groups is 1. The van der Waals surface area contributed by atoms with Crippen LogP contribution in [0.2, 0.25) is 0 Å². The summed E-state index contributed by atoms with van der Waals surface area (Å²) in [6, 6.07) is 4.89. The fourth-order valence-electron chi connectivity index (χ4n) is 2.04. The molecule has 1 atom stereocenters. The van der Waals surface area contributed by atoms with Gasteiger partial charge in [-0.15, -0.1) is 0 Å². The van der Waals surface area contributed by atoms with Crippen LogP contribution in [0.4, 0.5) is 0 Å². The van der Waals surface area contributed by atoms with Gasteiger partial charge in [0.05, 0.1) is 5.56 Å². The molecule has 1 unspecified atom stereocenters. The summed E-state index contributed by atoms with van der Waals surface area (Å²) < 4.78 is 24.3. The third-order valence-corrected chi connectivity index (χ3v) is 6.56. The zero-order valence-electron chi connectivity index (χ0n) is 11.5. The molecule has 1 aromatic rings. The van der Waals surface area contributed by atoms with Gasteiger partial charge < -0.3 is 4.90 Å². The first kappa shape index (κ1) is 15.8. The molecule has 1 aliphatic heterocycles. The molecule has 112 valence electrons. The van der Waals surface area contributed by atoms with Crippen molar-refractivity contribution in [2.24, 2.45) is 0 Å². The van der Waals surface area contributed by atoms with E-state index in [4.69, 9.17) is 5.26 Å². The SMILES string of the molecule is CCS(=O)(=O)C1CSCCN1C(=O)c1ccc(C#N)cn1. The summed E-state index contributed by atoms with van der Waals surface area (Å²) in [5, 5.41) is 7.93. The number of carbonyl (C=O) groups excluding carboxylic acids is 1. The van der Waals surface area contributed by atoms with E-state index < -0.39 is 21.1 Å². The van der Waals surface area contributed by atoms with Crippen LogP contribution in [0, 0.1) is 11.3 Å². The van der Waals surface area contributed by atoms with Crippen LogP contribution < -0.4 is 0 Å². The van der Waals surface area contributed by atoms with Gasteiger partial charge in [0.25, 0.3) is 5.91 Å². The summed E-state index contributed by atoms with van der Waals surface area (Å²) in [4.78, 5) is 17.8. The number of nitrogens with zero attached hydrogens (tertiary/aromatic N) is 3. The Morgan fingerprint density at radius 1 is 1.57 bits per heavy atom. The average Bonchev–Trinajstić information content (AvgIpc) is 2.54. The summed E-state index contributed by atoms with van der Waals surface area (Å²) in [5.41, 5.74) is 0.524. The summed E-state index contributed by atoms with van der Waals surface area (Å²) in [6.07, 6.45) is 1.31. The van der Waals surface area contributed by atoms with E-state index in [0.717, 1.165) is 0 Å². The quantitative estimate of drug-likeness (QED) is 0.820. The number of nitriles is 1. The predicted octanol–water partition coefficient (Wildman–Crippen LogP) is 0.903. The first-order chi connectivity index (χ1) is 9.99. The molecule has 0 N–H and O–H groups in total. The minimum Gasteiger partial charge on any atom is -0.319 e. The number of aromatic nitrogens is 1. The van der Waals surface area contributed by atoms with Crippen molar-refractivity contribution in [3.8, 4) is 6.07 Å². The zero-order chi connectivity index (χ0) is 15.5. The molecule has 2 heterocycles. The molecule has 6 nitrogen and oxygen atoms in total. The Hall–Kier alpha value is -1.59. The Labute approximate surface area is 128 Å². The number of thioether (sulfide) groups is 1. The lowest BCUT2D eigenvalue weighted by Crippen LogP contribution is -2.50. The van der Waals surface area contributed by atoms with E-state index in [1.54, 1.807) is 6.92 Å². The van der Waals surface area contributed by atoms with Crippen LogP contribution in [0.3, 0.4) is 0 Å². The fraction of sp³-hybridized carbons (Fsp3) is 0.462. The highest BCUT2D eigenvalue weighted by atomic mass is 32.2. The van der Waals surface area contributed by atoms with Gasteiger partial charge in [-0.1, -0.05) is 6.92 Å². The number of carbonyl (C=O) groups is 1. The average molecular weight is 325 g/mol. The Kier molecular flexibility index (Phi) is 4.85. The first-order valence-electron chi connectivity index (χ1n) is 6.46. The van der Waals surface area contributed by atoms with E-state index >= 15 is 0 Å². The van der Waals surface area contributed by atoms with Gasteiger partial charge in [-0.25, -0.2) is 13.4 Å². The van der Waals surface area contributed by atoms with Crippen molar-refractivity contribution >= 4 is 27.5 Å². The molecule has 1 amide bonds. The van der Waals surface area contributed by atoms with Gasteiger partial charge in [0.1, 0.15) is 17.1 Å². The Bertz CT molecular complexity index is 665. The van der Waals surface area contributed by atoms with Crippen LogP contribution >= 0.6 is 11.8 Å². The Balaban J connectivity index is 2.28. The zero-order valence-corrected chi connectivity index (χ0v) is 13.2. The van der Waals surface area contributed by atoms with Crippen LogP contribution in [0.25, 0.3) is 0 Å². The van der Waals surface area contributed by atoms with E-state index in [9.17, 15) is 13.2 Å². The minimum absolute atomic E-state index is 0.00278. The predicted molar refractivity (Wildman–Crippen MR) is 80.6 cm³/mol. The normalized spacial score (nSPS) is 19.0. The highest BCUT2D eigenvalue weighted by Crippen LogP contribution is 2.23. The lowest BCUT2D eigenvalue weighted by atomic mass is 10.2. The molecule has 1 fully saturated rings. The van der Waals surface area contributed by atoms with Crippen molar-refractivity contribution < 1.29 is 13.2 Å². The third-order valence-electron chi connectivity index (χ3n) is 3.27. The van der Waals surface area contributed by atoms with Crippen LogP contribution in [0.1, 0.15) is 23.0 Å². The summed E-state index contributed by atoms with van der Waals surface area (Å²) in [7, 11) is -3.33. The molecule has 1 aromatic heterocycles. The third kappa shape index (κ3) is 3.36. The number of amides is 1. The Morgan fingerprint density at radius 3 is 2.90 bits per heavy atom. The number of rotatable bonds is 3. The molecule has 0 radical (unpaired) electrons. The molecule has 1 saturated heterocycles. The maximum atomic E-state index is 12.5.